The number of halogens is 1. The first kappa shape index (κ1) is 37.1. The van der Waals surface area contributed by atoms with Crippen LogP contribution in [0.3, 0.4) is 0 Å². The molecular weight excluding hydrogens is 592 g/mol. The molecule has 1 aromatic carbocycles. The van der Waals surface area contributed by atoms with E-state index in [0.29, 0.717) is 35.7 Å². The zero-order valence-electron chi connectivity index (χ0n) is 26.9. The Balaban J connectivity index is 0.000000755. The molecule has 12 heteroatoms. The molecule has 4 rings (SSSR count). The number of nitrogens with one attached hydrogen (secondary N) is 1. The second kappa shape index (κ2) is 16.8. The number of allylic oxidation sites excluding steroid dienone is 3. The van der Waals surface area contributed by atoms with Crippen LogP contribution >= 0.6 is 11.6 Å². The zero-order valence-corrected chi connectivity index (χ0v) is 27.6. The Bertz CT molecular complexity index is 1220. The van der Waals surface area contributed by atoms with E-state index in [0.717, 1.165) is 11.1 Å². The molecule has 0 aliphatic carbocycles. The van der Waals surface area contributed by atoms with Gasteiger partial charge in [-0.2, -0.15) is 0 Å². The Kier molecular flexibility index (Phi) is 14.2. The van der Waals surface area contributed by atoms with E-state index in [2.05, 4.69) is 5.32 Å². The molecule has 0 spiro atoms. The number of carbonyl (C=O) groups excluding carboxylic acids is 2. The van der Waals surface area contributed by atoms with Crippen LogP contribution in [0.1, 0.15) is 65.9 Å². The average molecular weight is 639 g/mol. The molecule has 4 bridgehead atoms. The molecule has 0 aromatic heterocycles. The Morgan fingerprint density at radius 1 is 1.20 bits per heavy atom. The molecule has 44 heavy (non-hydrogen) atoms. The number of anilines is 1. The fourth-order valence-electron chi connectivity index (χ4n) is 4.85. The summed E-state index contributed by atoms with van der Waals surface area (Å²) in [5.41, 5.74) is 0.899. The lowest BCUT2D eigenvalue weighted by Crippen LogP contribution is -2.62. The predicted octanol–water partition coefficient (Wildman–Crippen LogP) is 5.26. The maximum Gasteiger partial charge on any atom is 0.409 e. The van der Waals surface area contributed by atoms with Crippen LogP contribution in [0.15, 0.2) is 35.9 Å². The number of benzene rings is 1. The first-order valence-electron chi connectivity index (χ1n) is 14.9. The number of epoxide rings is 1. The summed E-state index contributed by atoms with van der Waals surface area (Å²) in [6.45, 7) is 9.25. The third-order valence-corrected chi connectivity index (χ3v) is 7.74. The standard InChI is InChI=1S/C26H33ClN2O7.C4H8O2.C2H6/c1-15-6-5-7-22(34-4)26(32)14-17(35-25(31)28-26)13-20-19(36-20)8-9-23(30)29(2)18-11-16(10-15)12-21(33-3)24(18)27;1-3(2)4(5)6;1-2/h5-7,11-12,17,19-20,22,32H,8-10,13-14H2,1-4H3,(H,28,31);3H,1-2H3,(H,5,6);1-2H3/b7-5+,15-6+;;/t17?,19?,20?,22-,26+;;/m1../s1. The van der Waals surface area contributed by atoms with Gasteiger partial charge in [0.1, 0.15) is 23.0 Å². The Morgan fingerprint density at radius 3 is 2.45 bits per heavy atom. The van der Waals surface area contributed by atoms with E-state index >= 15 is 0 Å². The predicted molar refractivity (Wildman–Crippen MR) is 168 cm³/mol. The number of rotatable bonds is 3. The molecule has 3 N–H and O–H groups in total. The summed E-state index contributed by atoms with van der Waals surface area (Å²) in [6.07, 6.45) is 5.03. The molecule has 3 aliphatic heterocycles. The van der Waals surface area contributed by atoms with Gasteiger partial charge in [-0.1, -0.05) is 63.1 Å². The van der Waals surface area contributed by atoms with Crippen LogP contribution in [0.4, 0.5) is 10.5 Å². The largest absolute Gasteiger partial charge is 0.495 e. The molecule has 3 aliphatic rings. The molecule has 1 aromatic rings. The van der Waals surface area contributed by atoms with Crippen LogP contribution in [0.25, 0.3) is 0 Å². The average Bonchev–Trinajstić information content (AvgIpc) is 3.71. The van der Waals surface area contributed by atoms with E-state index in [1.165, 1.54) is 7.11 Å². The quantitative estimate of drug-likeness (QED) is 0.377. The highest BCUT2D eigenvalue weighted by molar-refractivity contribution is 6.35. The van der Waals surface area contributed by atoms with Gasteiger partial charge in [-0.15, -0.1) is 0 Å². The maximum absolute atomic E-state index is 13.0. The van der Waals surface area contributed by atoms with Crippen molar-refractivity contribution in [2.45, 2.75) is 96.9 Å². The second-order valence-corrected chi connectivity index (χ2v) is 11.5. The van der Waals surface area contributed by atoms with E-state index < -0.39 is 30.0 Å². The number of alkyl carbamates (subject to hydrolysis) is 1. The number of amides is 2. The molecule has 3 unspecified atom stereocenters. The van der Waals surface area contributed by atoms with Gasteiger partial charge in [0, 0.05) is 33.4 Å². The van der Waals surface area contributed by atoms with Gasteiger partial charge in [-0.3, -0.25) is 14.9 Å². The van der Waals surface area contributed by atoms with E-state index in [4.69, 9.17) is 35.7 Å². The number of hydrogen-bond donors (Lipinski definition) is 3. The van der Waals surface area contributed by atoms with Gasteiger partial charge in [0.2, 0.25) is 5.91 Å². The van der Waals surface area contributed by atoms with Gasteiger partial charge < -0.3 is 34.1 Å². The number of carboxylic acids is 1. The summed E-state index contributed by atoms with van der Waals surface area (Å²) in [5, 5.41) is 22.1. The third-order valence-electron chi connectivity index (χ3n) is 7.36. The monoisotopic (exact) mass is 638 g/mol. The van der Waals surface area contributed by atoms with Crippen molar-refractivity contribution in [3.05, 3.63) is 46.5 Å². The second-order valence-electron chi connectivity index (χ2n) is 11.1. The van der Waals surface area contributed by atoms with Gasteiger partial charge in [-0.05, 0) is 37.5 Å². The first-order valence-corrected chi connectivity index (χ1v) is 15.2. The van der Waals surface area contributed by atoms with Crippen molar-refractivity contribution in [1.82, 2.24) is 5.32 Å². The molecule has 11 nitrogen and oxygen atoms in total. The number of ether oxygens (including phenoxy) is 4. The van der Waals surface area contributed by atoms with Crippen molar-refractivity contribution in [1.29, 1.82) is 0 Å². The van der Waals surface area contributed by atoms with Crippen LogP contribution in [0, 0.1) is 5.92 Å². The highest BCUT2D eigenvalue weighted by Gasteiger charge is 2.48. The normalized spacial score (nSPS) is 28.8. The van der Waals surface area contributed by atoms with Gasteiger partial charge in [-0.25, -0.2) is 4.79 Å². The molecular formula is C32H47ClN2O9. The SMILES string of the molecule is CC.CC(C)C(=O)O.COc1cc2cc(c1Cl)N(C)C(=O)CCC1OC1CC1C[C@@](O)(NC(=O)O1)[C@H](OC)/C=C/C=C(\C)C2. The number of aliphatic carboxylic acids is 1. The maximum atomic E-state index is 13.0. The number of hydrogen-bond acceptors (Lipinski definition) is 8. The van der Waals surface area contributed by atoms with Crippen LogP contribution < -0.4 is 15.0 Å². The lowest BCUT2D eigenvalue weighted by molar-refractivity contribution is -0.140. The van der Waals surface area contributed by atoms with Crippen molar-refractivity contribution in [3.63, 3.8) is 0 Å². The van der Waals surface area contributed by atoms with E-state index in [-0.39, 0.29) is 36.9 Å². The molecule has 246 valence electrons. The smallest absolute Gasteiger partial charge is 0.409 e. The summed E-state index contributed by atoms with van der Waals surface area (Å²) >= 11 is 6.56. The van der Waals surface area contributed by atoms with Crippen molar-refractivity contribution in [2.24, 2.45) is 5.92 Å². The van der Waals surface area contributed by atoms with Crippen LogP contribution in [0.5, 0.6) is 5.75 Å². The van der Waals surface area contributed by atoms with E-state index in [1.54, 1.807) is 45.1 Å². The van der Waals surface area contributed by atoms with Crippen molar-refractivity contribution >= 4 is 35.3 Å². The topological polar surface area (TPSA) is 147 Å². The third kappa shape index (κ3) is 10.2. The lowest BCUT2D eigenvalue weighted by atomic mass is 9.93. The number of aliphatic hydroxyl groups is 1. The van der Waals surface area contributed by atoms with Crippen molar-refractivity contribution in [2.75, 3.05) is 26.2 Å². The van der Waals surface area contributed by atoms with Gasteiger partial charge in [0.15, 0.2) is 5.72 Å². The van der Waals surface area contributed by atoms with Crippen LogP contribution in [0.2, 0.25) is 5.02 Å². The minimum absolute atomic E-state index is 0.0935. The van der Waals surface area contributed by atoms with E-state index in [1.807, 2.05) is 39.0 Å². The van der Waals surface area contributed by atoms with Crippen molar-refractivity contribution in [3.8, 4) is 5.75 Å². The van der Waals surface area contributed by atoms with Crippen molar-refractivity contribution < 1.29 is 43.5 Å². The summed E-state index contributed by atoms with van der Waals surface area (Å²) in [4.78, 5) is 36.5. The highest BCUT2D eigenvalue weighted by Crippen LogP contribution is 2.38. The number of methoxy groups -OCH3 is 2. The number of fused-ring (bicyclic) bond motifs is 5. The fraction of sp³-hybridized carbons (Fsp3) is 0.594. The molecule has 3 heterocycles. The summed E-state index contributed by atoms with van der Waals surface area (Å²) in [6, 6.07) is 3.75. The molecule has 5 atom stereocenters. The molecule has 0 radical (unpaired) electrons. The Morgan fingerprint density at radius 2 is 1.86 bits per heavy atom. The summed E-state index contributed by atoms with van der Waals surface area (Å²) in [7, 11) is 4.72. The van der Waals surface area contributed by atoms with Gasteiger partial charge >= 0.3 is 12.1 Å². The molecule has 0 saturated carbocycles. The first-order chi connectivity index (χ1) is 20.8. The number of nitrogens with zero attached hydrogens (tertiary/aromatic N) is 1. The van der Waals surface area contributed by atoms with Crippen LogP contribution in [-0.2, 0) is 30.2 Å². The number of carbonyl (C=O) groups is 3. The minimum atomic E-state index is -1.63. The lowest BCUT2D eigenvalue weighted by Gasteiger charge is -2.40. The summed E-state index contributed by atoms with van der Waals surface area (Å²) < 4.78 is 22.1. The fourth-order valence-corrected chi connectivity index (χ4v) is 5.16. The van der Waals surface area contributed by atoms with Gasteiger partial charge in [0.05, 0.1) is 30.9 Å². The molecule has 2 amide bonds. The van der Waals surface area contributed by atoms with Crippen LogP contribution in [-0.4, -0.2) is 79.6 Å². The Labute approximate surface area is 265 Å². The zero-order chi connectivity index (χ0) is 33.2. The Hall–Kier alpha value is -3.12. The van der Waals surface area contributed by atoms with E-state index in [9.17, 15) is 19.5 Å². The highest BCUT2D eigenvalue weighted by atomic mass is 35.5. The van der Waals surface area contributed by atoms with Gasteiger partial charge in [0.25, 0.3) is 0 Å². The minimum Gasteiger partial charge on any atom is -0.495 e. The number of carboxylic acid groups (broad SMARTS) is 1. The molecule has 2 fully saturated rings. The molecule has 2 saturated heterocycles. The summed E-state index contributed by atoms with van der Waals surface area (Å²) in [5.74, 6) is -0.572.